The number of hydrogen-bond acceptors (Lipinski definition) is 9. The van der Waals surface area contributed by atoms with Gasteiger partial charge in [0.1, 0.15) is 28.7 Å². The van der Waals surface area contributed by atoms with Gasteiger partial charge < -0.3 is 40.9 Å². The number of benzene rings is 1. The Balaban J connectivity index is 1.56. The van der Waals surface area contributed by atoms with Gasteiger partial charge in [-0.05, 0) is 30.9 Å². The number of amides is 2. The number of nitrogens with two attached hydrogens (primary N) is 1. The summed E-state index contributed by atoms with van der Waals surface area (Å²) >= 11 is 0. The van der Waals surface area contributed by atoms with E-state index in [0.717, 1.165) is 0 Å². The van der Waals surface area contributed by atoms with Crippen LogP contribution in [0.2, 0.25) is 5.82 Å². The number of nitrogens with one attached hydrogen (secondary N) is 1. The lowest BCUT2D eigenvalue weighted by Gasteiger charge is -2.42. The summed E-state index contributed by atoms with van der Waals surface area (Å²) in [5, 5.41) is 41.3. The summed E-state index contributed by atoms with van der Waals surface area (Å²) in [6.07, 6.45) is 0.0713. The molecule has 2 fully saturated rings. The molecule has 3 atom stereocenters. The summed E-state index contributed by atoms with van der Waals surface area (Å²) in [5.41, 5.74) is 4.85. The summed E-state index contributed by atoms with van der Waals surface area (Å²) < 4.78 is 5.79. The normalized spacial score (nSPS) is 21.7. The Kier molecular flexibility index (Phi) is 7.41. The van der Waals surface area contributed by atoms with E-state index in [-0.39, 0.29) is 42.3 Å². The lowest BCUT2D eigenvalue weighted by Crippen LogP contribution is -2.64. The maximum atomic E-state index is 12.4. The SMILES string of the molecule is CN(C)C(=O)CNC(=O)[C@@](C)(N)CN1CC(Oc2ccc([C@@H]3C[C@@H]3B(O)O)c(O)c2C(=O)O)C1. The minimum atomic E-state index is -1.53. The van der Waals surface area contributed by atoms with Crippen LogP contribution in [-0.2, 0) is 9.59 Å². The van der Waals surface area contributed by atoms with Gasteiger partial charge in [-0.15, -0.1) is 0 Å². The molecule has 13 heteroatoms. The summed E-state index contributed by atoms with van der Waals surface area (Å²) in [6, 6.07) is 3.00. The number of likely N-dealkylation sites (tertiary alicyclic amines) is 1. The van der Waals surface area contributed by atoms with Gasteiger partial charge in [0.05, 0.1) is 6.54 Å². The molecule has 7 N–H and O–H groups in total. The number of ether oxygens (including phenoxy) is 1. The highest BCUT2D eigenvalue weighted by Gasteiger charge is 2.48. The molecule has 2 amide bonds. The van der Waals surface area contributed by atoms with Gasteiger partial charge in [0.2, 0.25) is 11.8 Å². The molecule has 0 spiro atoms. The van der Waals surface area contributed by atoms with E-state index in [1.165, 1.54) is 17.0 Å². The van der Waals surface area contributed by atoms with Gasteiger partial charge in [-0.3, -0.25) is 14.5 Å². The van der Waals surface area contributed by atoms with Gasteiger partial charge in [0.25, 0.3) is 0 Å². The highest BCUT2D eigenvalue weighted by molar-refractivity contribution is 6.44. The number of nitrogens with zero attached hydrogens (tertiary/aromatic N) is 2. The average Bonchev–Trinajstić information content (AvgIpc) is 3.50. The van der Waals surface area contributed by atoms with Crippen molar-refractivity contribution in [2.75, 3.05) is 40.3 Å². The van der Waals surface area contributed by atoms with E-state index in [9.17, 15) is 34.6 Å². The fourth-order valence-corrected chi connectivity index (χ4v) is 4.05. The topological polar surface area (TPSA) is 186 Å². The number of carbonyl (C=O) groups excluding carboxylic acids is 2. The van der Waals surface area contributed by atoms with Crippen LogP contribution < -0.4 is 15.8 Å². The highest BCUT2D eigenvalue weighted by atomic mass is 16.5. The number of carboxylic acids is 1. The van der Waals surface area contributed by atoms with E-state index in [2.05, 4.69) is 5.32 Å². The zero-order chi connectivity index (χ0) is 25.4. The van der Waals surface area contributed by atoms with Crippen LogP contribution in [0.4, 0.5) is 0 Å². The van der Waals surface area contributed by atoms with Gasteiger partial charge in [-0.1, -0.05) is 6.07 Å². The van der Waals surface area contributed by atoms with Gasteiger partial charge in [0, 0.05) is 39.5 Å². The molecule has 1 aromatic carbocycles. The number of likely N-dealkylation sites (N-methyl/N-ethyl adjacent to an activating group) is 1. The molecule has 2 aliphatic rings. The fourth-order valence-electron chi connectivity index (χ4n) is 4.05. The smallest absolute Gasteiger partial charge is 0.455 e. The van der Waals surface area contributed by atoms with E-state index in [0.29, 0.717) is 25.1 Å². The maximum absolute atomic E-state index is 12.4. The number of phenols is 1. The molecule has 1 heterocycles. The van der Waals surface area contributed by atoms with E-state index < -0.39 is 36.1 Å². The zero-order valence-electron chi connectivity index (χ0n) is 19.4. The third-order valence-electron chi connectivity index (χ3n) is 6.19. The number of rotatable bonds is 10. The molecular formula is C21H31BN4O8. The molecule has 12 nitrogen and oxygen atoms in total. The van der Waals surface area contributed by atoms with Crippen LogP contribution in [-0.4, -0.2) is 107 Å². The third-order valence-corrected chi connectivity index (χ3v) is 6.19. The van der Waals surface area contributed by atoms with Crippen LogP contribution >= 0.6 is 0 Å². The Morgan fingerprint density at radius 3 is 2.47 bits per heavy atom. The minimum Gasteiger partial charge on any atom is -0.507 e. The first kappa shape index (κ1) is 25.8. The first-order valence-electron chi connectivity index (χ1n) is 10.9. The molecule has 0 unspecified atom stereocenters. The Hall–Kier alpha value is -2.87. The van der Waals surface area contributed by atoms with Crippen molar-refractivity contribution in [3.8, 4) is 11.5 Å². The Morgan fingerprint density at radius 2 is 1.94 bits per heavy atom. The van der Waals surface area contributed by atoms with Crippen LogP contribution in [0.5, 0.6) is 11.5 Å². The van der Waals surface area contributed by atoms with Crippen LogP contribution in [0.15, 0.2) is 12.1 Å². The Labute approximate surface area is 197 Å². The van der Waals surface area contributed by atoms with E-state index >= 15 is 0 Å². The van der Waals surface area contributed by atoms with Gasteiger partial charge >= 0.3 is 13.1 Å². The molecule has 1 aromatic rings. The van der Waals surface area contributed by atoms with Crippen LogP contribution in [0.3, 0.4) is 0 Å². The second kappa shape index (κ2) is 9.78. The predicted octanol–water partition coefficient (Wildman–Crippen LogP) is -1.59. The van der Waals surface area contributed by atoms with Gasteiger partial charge in [-0.2, -0.15) is 0 Å². The van der Waals surface area contributed by atoms with Crippen molar-refractivity contribution in [2.45, 2.75) is 36.7 Å². The van der Waals surface area contributed by atoms with Crippen molar-refractivity contribution in [2.24, 2.45) is 5.73 Å². The number of hydrogen-bond donors (Lipinski definition) is 6. The highest BCUT2D eigenvalue weighted by Crippen LogP contribution is 2.56. The number of aromatic carboxylic acids is 1. The lowest BCUT2D eigenvalue weighted by atomic mass is 9.81. The molecule has 0 bridgehead atoms. The molecule has 1 aliphatic carbocycles. The quantitative estimate of drug-likeness (QED) is 0.214. The number of carbonyl (C=O) groups is 3. The van der Waals surface area contributed by atoms with Crippen molar-refractivity contribution >= 4 is 24.9 Å². The summed E-state index contributed by atoms with van der Waals surface area (Å²) in [7, 11) is 1.64. The minimum absolute atomic E-state index is 0.00981. The maximum Gasteiger partial charge on any atom is 0.455 e. The second-order valence-electron chi connectivity index (χ2n) is 9.42. The van der Waals surface area contributed by atoms with Crippen molar-refractivity contribution in [1.82, 2.24) is 15.1 Å². The van der Waals surface area contributed by atoms with E-state index in [4.69, 9.17) is 10.5 Å². The second-order valence-corrected chi connectivity index (χ2v) is 9.42. The standard InChI is InChI=1S/C21H31BN4O8/c1-21(23,20(31)24-7-16(27)25(2)3)10-26-8-11(9-26)34-15-5-4-12(13-6-14(13)22(32)33)18(28)17(15)19(29)30/h4-5,11,13-14,28,32-33H,6-10,23H2,1-3H3,(H,24,31)(H,29,30)/t13-,14-,21-/m0/s1. The summed E-state index contributed by atoms with van der Waals surface area (Å²) in [5.74, 6) is -3.27. The van der Waals surface area contributed by atoms with Crippen LogP contribution in [0.25, 0.3) is 0 Å². The van der Waals surface area contributed by atoms with E-state index in [1.807, 2.05) is 4.90 Å². The fraction of sp³-hybridized carbons (Fsp3) is 0.571. The summed E-state index contributed by atoms with van der Waals surface area (Å²) in [6.45, 7) is 2.39. The van der Waals surface area contributed by atoms with Gasteiger partial charge in [0.15, 0.2) is 0 Å². The van der Waals surface area contributed by atoms with Crippen LogP contribution in [0.1, 0.15) is 35.2 Å². The first-order valence-corrected chi connectivity index (χ1v) is 10.9. The molecule has 186 valence electrons. The molecule has 0 aromatic heterocycles. The molecule has 34 heavy (non-hydrogen) atoms. The zero-order valence-corrected chi connectivity index (χ0v) is 19.4. The van der Waals surface area contributed by atoms with Crippen molar-refractivity contribution < 1.29 is 39.4 Å². The average molecular weight is 478 g/mol. The molecule has 1 aliphatic heterocycles. The number of carboxylic acid groups (broad SMARTS) is 1. The van der Waals surface area contributed by atoms with E-state index in [1.54, 1.807) is 21.0 Å². The predicted molar refractivity (Wildman–Crippen MR) is 122 cm³/mol. The number of aromatic hydroxyl groups is 1. The van der Waals surface area contributed by atoms with Crippen molar-refractivity contribution in [1.29, 1.82) is 0 Å². The largest absolute Gasteiger partial charge is 0.507 e. The lowest BCUT2D eigenvalue weighted by molar-refractivity contribution is -0.133. The summed E-state index contributed by atoms with van der Waals surface area (Å²) in [4.78, 5) is 39.0. The Bertz CT molecular complexity index is 964. The molecular weight excluding hydrogens is 447 g/mol. The van der Waals surface area contributed by atoms with Gasteiger partial charge in [-0.25, -0.2) is 4.79 Å². The third kappa shape index (κ3) is 5.61. The monoisotopic (exact) mass is 478 g/mol. The molecule has 1 saturated carbocycles. The van der Waals surface area contributed by atoms with Crippen molar-refractivity contribution in [3.63, 3.8) is 0 Å². The molecule has 1 saturated heterocycles. The Morgan fingerprint density at radius 1 is 1.29 bits per heavy atom. The van der Waals surface area contributed by atoms with Crippen LogP contribution in [0, 0.1) is 0 Å². The first-order chi connectivity index (χ1) is 15.8. The van der Waals surface area contributed by atoms with Crippen molar-refractivity contribution in [3.05, 3.63) is 23.3 Å². The molecule has 0 radical (unpaired) electrons. The molecule has 3 rings (SSSR count).